The number of aromatic hydroxyl groups is 2. The maximum atomic E-state index is 8.63. The Hall–Kier alpha value is -3.92. The number of nitrogen functional groups attached to an aromatic ring is 2. The van der Waals surface area contributed by atoms with Gasteiger partial charge in [-0.3, -0.25) is 0 Å². The maximum Gasteiger partial charge on any atom is 0.115 e. The van der Waals surface area contributed by atoms with Crippen molar-refractivity contribution in [2.75, 3.05) is 11.5 Å². The quantitative estimate of drug-likeness (QED) is 0.341. The first-order valence-corrected chi connectivity index (χ1v) is 8.74. The topological polar surface area (TPSA) is 92.5 Å². The van der Waals surface area contributed by atoms with Gasteiger partial charge < -0.3 is 21.7 Å². The zero-order chi connectivity index (χ0) is 20.2. The van der Waals surface area contributed by atoms with Crippen LogP contribution in [0.25, 0.3) is 11.1 Å². The van der Waals surface area contributed by atoms with E-state index < -0.39 is 0 Å². The summed E-state index contributed by atoms with van der Waals surface area (Å²) in [5, 5.41) is 17.3. The second kappa shape index (κ2) is 10.9. The Bertz CT molecular complexity index is 843. The summed E-state index contributed by atoms with van der Waals surface area (Å²) >= 11 is 0. The molecule has 4 rings (SSSR count). The van der Waals surface area contributed by atoms with E-state index in [1.54, 1.807) is 48.5 Å². The summed E-state index contributed by atoms with van der Waals surface area (Å²) in [6, 6.07) is 33.0. The van der Waals surface area contributed by atoms with E-state index in [4.69, 9.17) is 21.7 Å². The van der Waals surface area contributed by atoms with Crippen molar-refractivity contribution in [2.24, 2.45) is 0 Å². The summed E-state index contributed by atoms with van der Waals surface area (Å²) in [6.45, 7) is 0. The van der Waals surface area contributed by atoms with E-state index in [1.807, 2.05) is 60.7 Å². The highest BCUT2D eigenvalue weighted by molar-refractivity contribution is 5.67. The fourth-order valence-corrected chi connectivity index (χ4v) is 2.21. The number of benzene rings is 4. The minimum atomic E-state index is 0.322. The fourth-order valence-electron chi connectivity index (χ4n) is 2.21. The van der Waals surface area contributed by atoms with Crippen LogP contribution in [0.2, 0.25) is 0 Å². The number of anilines is 2. The van der Waals surface area contributed by atoms with E-state index in [0.717, 1.165) is 22.5 Å². The van der Waals surface area contributed by atoms with Gasteiger partial charge in [-0.15, -0.1) is 0 Å². The predicted octanol–water partition coefficient (Wildman–Crippen LogP) is 5.30. The van der Waals surface area contributed by atoms with Gasteiger partial charge in [-0.05, 0) is 59.7 Å². The summed E-state index contributed by atoms with van der Waals surface area (Å²) in [5.41, 5.74) is 15.1. The Kier molecular flexibility index (Phi) is 7.96. The third-order valence-electron chi connectivity index (χ3n) is 3.67. The SMILES string of the molecule is Nc1ccc(-c2ccc(N)cc2)cc1.Oc1ccccc1.Oc1ccccc1. The Morgan fingerprint density at radius 1 is 0.393 bits per heavy atom. The third-order valence-corrected chi connectivity index (χ3v) is 3.67. The monoisotopic (exact) mass is 372 g/mol. The van der Waals surface area contributed by atoms with Crippen LogP contribution in [0.3, 0.4) is 0 Å². The fraction of sp³-hybridized carbons (Fsp3) is 0. The van der Waals surface area contributed by atoms with Gasteiger partial charge in [0.05, 0.1) is 0 Å². The number of rotatable bonds is 1. The van der Waals surface area contributed by atoms with E-state index in [0.29, 0.717) is 11.5 Å². The average Bonchev–Trinajstić information content (AvgIpc) is 2.72. The van der Waals surface area contributed by atoms with E-state index in [1.165, 1.54) is 0 Å². The summed E-state index contributed by atoms with van der Waals surface area (Å²) in [7, 11) is 0. The molecule has 0 unspecified atom stereocenters. The first kappa shape index (κ1) is 20.4. The molecule has 0 bridgehead atoms. The summed E-state index contributed by atoms with van der Waals surface area (Å²) in [6.07, 6.45) is 0. The molecule has 4 nitrogen and oxygen atoms in total. The highest BCUT2D eigenvalue weighted by Gasteiger charge is 1.95. The Labute approximate surface area is 165 Å². The molecule has 0 saturated carbocycles. The lowest BCUT2D eigenvalue weighted by atomic mass is 10.1. The number of hydrogen-bond donors (Lipinski definition) is 4. The molecule has 4 aromatic carbocycles. The molecule has 4 heteroatoms. The van der Waals surface area contributed by atoms with Crippen molar-refractivity contribution in [3.63, 3.8) is 0 Å². The summed E-state index contributed by atoms with van der Waals surface area (Å²) < 4.78 is 0. The maximum absolute atomic E-state index is 8.63. The third kappa shape index (κ3) is 7.54. The minimum absolute atomic E-state index is 0.322. The lowest BCUT2D eigenvalue weighted by molar-refractivity contribution is 0.475. The van der Waals surface area contributed by atoms with Gasteiger partial charge in [0.1, 0.15) is 11.5 Å². The Morgan fingerprint density at radius 2 is 0.679 bits per heavy atom. The van der Waals surface area contributed by atoms with Crippen molar-refractivity contribution in [1.29, 1.82) is 0 Å². The highest BCUT2D eigenvalue weighted by Crippen LogP contribution is 2.21. The van der Waals surface area contributed by atoms with Crippen molar-refractivity contribution >= 4 is 11.4 Å². The van der Waals surface area contributed by atoms with Crippen LogP contribution in [-0.2, 0) is 0 Å². The molecule has 0 heterocycles. The molecule has 0 aromatic heterocycles. The lowest BCUT2D eigenvalue weighted by Gasteiger charge is -2.02. The zero-order valence-electron chi connectivity index (χ0n) is 15.4. The number of phenolic OH excluding ortho intramolecular Hbond substituents is 2. The van der Waals surface area contributed by atoms with Crippen LogP contribution in [0, 0.1) is 0 Å². The van der Waals surface area contributed by atoms with Crippen LogP contribution in [0.15, 0.2) is 109 Å². The molecule has 142 valence electrons. The predicted molar refractivity (Wildman–Crippen MR) is 117 cm³/mol. The molecular formula is C24H24N2O2. The van der Waals surface area contributed by atoms with Gasteiger partial charge in [0, 0.05) is 11.4 Å². The van der Waals surface area contributed by atoms with E-state index in [2.05, 4.69) is 0 Å². The molecule has 0 spiro atoms. The summed E-state index contributed by atoms with van der Waals surface area (Å²) in [5.74, 6) is 0.644. The van der Waals surface area contributed by atoms with Crippen molar-refractivity contribution < 1.29 is 10.2 Å². The molecule has 4 aromatic rings. The molecule has 0 aliphatic heterocycles. The van der Waals surface area contributed by atoms with Gasteiger partial charge >= 0.3 is 0 Å². The van der Waals surface area contributed by atoms with Crippen LogP contribution in [0.5, 0.6) is 11.5 Å². The smallest absolute Gasteiger partial charge is 0.115 e. The second-order valence-corrected chi connectivity index (χ2v) is 5.92. The van der Waals surface area contributed by atoms with Gasteiger partial charge in [-0.2, -0.15) is 0 Å². The first-order valence-electron chi connectivity index (χ1n) is 8.74. The van der Waals surface area contributed by atoms with Crippen LogP contribution < -0.4 is 11.5 Å². The van der Waals surface area contributed by atoms with E-state index in [-0.39, 0.29) is 0 Å². The van der Waals surface area contributed by atoms with Crippen LogP contribution in [0.1, 0.15) is 0 Å². The van der Waals surface area contributed by atoms with Gasteiger partial charge in [-0.1, -0.05) is 60.7 Å². The lowest BCUT2D eigenvalue weighted by Crippen LogP contribution is -1.85. The molecule has 0 amide bonds. The van der Waals surface area contributed by atoms with Gasteiger partial charge in [-0.25, -0.2) is 0 Å². The van der Waals surface area contributed by atoms with Crippen molar-refractivity contribution in [3.05, 3.63) is 109 Å². The standard InChI is InChI=1S/C12H12N2.2C6H6O/c13-11-5-1-9(2-6-11)10-3-7-12(14)8-4-10;2*7-6-4-2-1-3-5-6/h1-8H,13-14H2;2*1-5,7H. The Morgan fingerprint density at radius 3 is 0.893 bits per heavy atom. The number of hydrogen-bond acceptors (Lipinski definition) is 4. The number of nitrogens with two attached hydrogens (primary N) is 2. The van der Waals surface area contributed by atoms with Crippen molar-refractivity contribution in [3.8, 4) is 22.6 Å². The molecule has 0 aliphatic rings. The van der Waals surface area contributed by atoms with Crippen LogP contribution in [0.4, 0.5) is 11.4 Å². The van der Waals surface area contributed by atoms with E-state index >= 15 is 0 Å². The largest absolute Gasteiger partial charge is 0.508 e. The first-order chi connectivity index (χ1) is 13.5. The van der Waals surface area contributed by atoms with Gasteiger partial charge in [0.2, 0.25) is 0 Å². The van der Waals surface area contributed by atoms with Crippen LogP contribution >= 0.6 is 0 Å². The zero-order valence-corrected chi connectivity index (χ0v) is 15.4. The summed E-state index contributed by atoms with van der Waals surface area (Å²) in [4.78, 5) is 0. The van der Waals surface area contributed by atoms with Crippen molar-refractivity contribution in [1.82, 2.24) is 0 Å². The number of para-hydroxylation sites is 2. The normalized spacial score (nSPS) is 9.29. The molecular weight excluding hydrogens is 348 g/mol. The van der Waals surface area contributed by atoms with Gasteiger partial charge in [0.25, 0.3) is 0 Å². The highest BCUT2D eigenvalue weighted by atomic mass is 16.3. The second-order valence-electron chi connectivity index (χ2n) is 5.92. The molecule has 0 atom stereocenters. The molecule has 6 N–H and O–H groups in total. The van der Waals surface area contributed by atoms with Crippen LogP contribution in [-0.4, -0.2) is 10.2 Å². The molecule has 0 saturated heterocycles. The van der Waals surface area contributed by atoms with Crippen molar-refractivity contribution in [2.45, 2.75) is 0 Å². The molecule has 0 aliphatic carbocycles. The molecule has 28 heavy (non-hydrogen) atoms. The minimum Gasteiger partial charge on any atom is -0.508 e. The Balaban J connectivity index is 0.000000168. The van der Waals surface area contributed by atoms with Gasteiger partial charge in [0.15, 0.2) is 0 Å². The molecule has 0 radical (unpaired) electrons. The average molecular weight is 372 g/mol. The molecule has 0 fully saturated rings. The van der Waals surface area contributed by atoms with E-state index in [9.17, 15) is 0 Å². The number of phenols is 2.